The highest BCUT2D eigenvalue weighted by Crippen LogP contribution is 2.14. The predicted octanol–water partition coefficient (Wildman–Crippen LogP) is 3.22. The van der Waals surface area contributed by atoms with Crippen LogP contribution in [0.15, 0.2) is 65.3 Å². The normalized spacial score (nSPS) is 13.5. The number of hydrogen-bond donors (Lipinski definition) is 0. The highest BCUT2D eigenvalue weighted by Gasteiger charge is 1.97. The Morgan fingerprint density at radius 1 is 1.00 bits per heavy atom. The van der Waals surface area contributed by atoms with Crippen LogP contribution in [0, 0.1) is 0 Å². The minimum atomic E-state index is 0.696. The van der Waals surface area contributed by atoms with Gasteiger partial charge in [0.25, 0.3) is 0 Å². The number of hydrogen-bond acceptors (Lipinski definition) is 1. The van der Waals surface area contributed by atoms with E-state index in [1.165, 1.54) is 0 Å². The molecule has 1 heteroatoms. The van der Waals surface area contributed by atoms with Crippen molar-refractivity contribution in [3.8, 4) is 5.75 Å². The summed E-state index contributed by atoms with van der Waals surface area (Å²) in [6, 6.07) is 9.65. The van der Waals surface area contributed by atoms with Crippen molar-refractivity contribution in [2.45, 2.75) is 6.92 Å². The number of rotatable bonds is 2. The van der Waals surface area contributed by atoms with Crippen LogP contribution in [-0.4, -0.2) is 0 Å². The van der Waals surface area contributed by atoms with Crippen LogP contribution in [0.5, 0.6) is 5.75 Å². The lowest BCUT2D eigenvalue weighted by atomic mass is 10.2. The van der Waals surface area contributed by atoms with E-state index in [1.807, 2.05) is 49.4 Å². The third kappa shape index (κ3) is 2.05. The van der Waals surface area contributed by atoms with Crippen molar-refractivity contribution in [1.29, 1.82) is 0 Å². The van der Waals surface area contributed by atoms with E-state index in [0.717, 1.165) is 11.3 Å². The summed E-state index contributed by atoms with van der Waals surface area (Å²) < 4.78 is 5.55. The van der Waals surface area contributed by atoms with E-state index in [1.54, 1.807) is 0 Å². The summed E-state index contributed by atoms with van der Waals surface area (Å²) in [5.41, 5.74) is 6.97. The summed E-state index contributed by atoms with van der Waals surface area (Å²) in [6.07, 6.45) is 3.84. The van der Waals surface area contributed by atoms with Crippen LogP contribution in [0.3, 0.4) is 0 Å². The van der Waals surface area contributed by atoms with Gasteiger partial charge in [-0.3, -0.25) is 0 Å². The highest BCUT2D eigenvalue weighted by atomic mass is 16.5. The fourth-order valence-electron chi connectivity index (χ4n) is 1.12. The third-order valence-electron chi connectivity index (χ3n) is 1.84. The van der Waals surface area contributed by atoms with Crippen molar-refractivity contribution in [2.24, 2.45) is 0 Å². The molecule has 1 aliphatic rings. The van der Waals surface area contributed by atoms with Crippen LogP contribution in [0.2, 0.25) is 0 Å². The second kappa shape index (κ2) is 3.85. The van der Waals surface area contributed by atoms with Crippen molar-refractivity contribution in [1.82, 2.24) is 0 Å². The Hall–Kier alpha value is -1.94. The van der Waals surface area contributed by atoms with E-state index >= 15 is 0 Å². The summed E-state index contributed by atoms with van der Waals surface area (Å²) in [6.45, 7) is 1.97. The highest BCUT2D eigenvalue weighted by molar-refractivity contribution is 5.31. The van der Waals surface area contributed by atoms with E-state index < -0.39 is 0 Å². The van der Waals surface area contributed by atoms with Crippen LogP contribution >= 0.6 is 0 Å². The van der Waals surface area contributed by atoms with E-state index in [4.69, 9.17) is 4.74 Å². The molecule has 1 aliphatic carbocycles. The summed E-state index contributed by atoms with van der Waals surface area (Å²) in [7, 11) is 0. The largest absolute Gasteiger partial charge is 0.448 e. The van der Waals surface area contributed by atoms with E-state index in [2.05, 4.69) is 11.5 Å². The van der Waals surface area contributed by atoms with Crippen LogP contribution < -0.4 is 4.74 Å². The van der Waals surface area contributed by atoms with Crippen LogP contribution in [0.1, 0.15) is 6.92 Å². The molecule has 14 heavy (non-hydrogen) atoms. The van der Waals surface area contributed by atoms with Crippen LogP contribution in [0.25, 0.3) is 0 Å². The SMILES string of the molecule is CC1=C=C=C(Oc2ccccc2)C=C1. The Kier molecular flexibility index (Phi) is 2.38. The molecule has 1 aromatic rings. The molecule has 0 bridgehead atoms. The first kappa shape index (κ1) is 8.65. The van der Waals surface area contributed by atoms with Gasteiger partial charge in [-0.2, -0.15) is 0 Å². The number of allylic oxidation sites excluding steroid dienone is 3. The summed E-state index contributed by atoms with van der Waals surface area (Å²) in [5.74, 6) is 1.52. The molecule has 0 spiro atoms. The maximum absolute atomic E-state index is 5.55. The fraction of sp³-hybridized carbons (Fsp3) is 0.0769. The van der Waals surface area contributed by atoms with Gasteiger partial charge in [0.05, 0.1) is 0 Å². The molecule has 0 radical (unpaired) electrons. The quantitative estimate of drug-likeness (QED) is 0.638. The third-order valence-corrected chi connectivity index (χ3v) is 1.84. The van der Waals surface area contributed by atoms with Crippen molar-refractivity contribution in [2.75, 3.05) is 0 Å². The smallest absolute Gasteiger partial charge is 0.177 e. The van der Waals surface area contributed by atoms with Gasteiger partial charge < -0.3 is 4.74 Å². The monoisotopic (exact) mass is 182 g/mol. The van der Waals surface area contributed by atoms with Gasteiger partial charge in [-0.25, -0.2) is 0 Å². The van der Waals surface area contributed by atoms with Crippen LogP contribution in [0.4, 0.5) is 0 Å². The minimum Gasteiger partial charge on any atom is -0.448 e. The van der Waals surface area contributed by atoms with Crippen molar-refractivity contribution in [3.05, 3.63) is 65.3 Å². The Morgan fingerprint density at radius 2 is 1.79 bits per heavy atom. The molecule has 0 N–H and O–H groups in total. The molecule has 0 unspecified atom stereocenters. The zero-order chi connectivity index (χ0) is 9.80. The molecule has 0 atom stereocenters. The molecule has 1 aromatic carbocycles. The van der Waals surface area contributed by atoms with Crippen molar-refractivity contribution >= 4 is 0 Å². The van der Waals surface area contributed by atoms with E-state index in [-0.39, 0.29) is 0 Å². The van der Waals surface area contributed by atoms with Gasteiger partial charge in [0.15, 0.2) is 5.76 Å². The molecule has 0 fully saturated rings. The molecule has 0 saturated carbocycles. The summed E-state index contributed by atoms with van der Waals surface area (Å²) in [5, 5.41) is 0. The molecular weight excluding hydrogens is 172 g/mol. The Balaban J connectivity index is 2.22. The lowest BCUT2D eigenvalue weighted by molar-refractivity contribution is 0.445. The molecule has 0 heterocycles. The van der Waals surface area contributed by atoms with Crippen LogP contribution in [-0.2, 0) is 0 Å². The lowest BCUT2D eigenvalue weighted by Gasteiger charge is -2.04. The molecule has 0 amide bonds. The lowest BCUT2D eigenvalue weighted by Crippen LogP contribution is -1.91. The summed E-state index contributed by atoms with van der Waals surface area (Å²) >= 11 is 0. The van der Waals surface area contributed by atoms with Gasteiger partial charge in [-0.1, -0.05) is 23.9 Å². The van der Waals surface area contributed by atoms with Gasteiger partial charge in [-0.05, 0) is 42.5 Å². The molecule has 0 saturated heterocycles. The maximum atomic E-state index is 5.55. The average Bonchev–Trinajstić information content (AvgIpc) is 2.23. The first-order chi connectivity index (χ1) is 6.84. The van der Waals surface area contributed by atoms with Gasteiger partial charge in [0.2, 0.25) is 0 Å². The van der Waals surface area contributed by atoms with Gasteiger partial charge in [0.1, 0.15) is 5.75 Å². The number of para-hydroxylation sites is 1. The van der Waals surface area contributed by atoms with Gasteiger partial charge in [0, 0.05) is 0 Å². The van der Waals surface area contributed by atoms with Crippen molar-refractivity contribution < 1.29 is 4.74 Å². The Labute approximate surface area is 83.3 Å². The predicted molar refractivity (Wildman–Crippen MR) is 55.9 cm³/mol. The second-order valence-electron chi connectivity index (χ2n) is 3.05. The Bertz CT molecular complexity index is 453. The first-order valence-corrected chi connectivity index (χ1v) is 4.48. The topological polar surface area (TPSA) is 9.23 Å². The second-order valence-corrected chi connectivity index (χ2v) is 3.05. The zero-order valence-electron chi connectivity index (χ0n) is 7.95. The Morgan fingerprint density at radius 3 is 2.43 bits per heavy atom. The van der Waals surface area contributed by atoms with E-state index in [0.29, 0.717) is 5.76 Å². The van der Waals surface area contributed by atoms with Crippen molar-refractivity contribution in [3.63, 3.8) is 0 Å². The molecule has 2 rings (SSSR count). The zero-order valence-corrected chi connectivity index (χ0v) is 7.95. The van der Waals surface area contributed by atoms with Gasteiger partial charge >= 0.3 is 0 Å². The minimum absolute atomic E-state index is 0.696. The standard InChI is InChI=1S/C13H10O/c1-11-7-9-13(10-8-11)14-12-5-3-2-4-6-12/h2-7,9H,1H3. The molecule has 0 aliphatic heterocycles. The average molecular weight is 182 g/mol. The first-order valence-electron chi connectivity index (χ1n) is 4.48. The number of benzene rings is 1. The summed E-state index contributed by atoms with van der Waals surface area (Å²) in [4.78, 5) is 0. The molecular formula is C13H10O. The van der Waals surface area contributed by atoms with Gasteiger partial charge in [-0.15, -0.1) is 0 Å². The number of ether oxygens (including phenoxy) is 1. The van der Waals surface area contributed by atoms with E-state index in [9.17, 15) is 0 Å². The molecule has 68 valence electrons. The maximum Gasteiger partial charge on any atom is 0.177 e. The molecule has 0 aromatic heterocycles. The fourth-order valence-corrected chi connectivity index (χ4v) is 1.12. The molecule has 1 nitrogen and oxygen atoms in total.